The first-order valence-electron chi connectivity index (χ1n) is 8.20. The molecule has 8 heteroatoms. The van der Waals surface area contributed by atoms with Crippen molar-refractivity contribution < 1.29 is 19.1 Å². The number of benzene rings is 1. The van der Waals surface area contributed by atoms with Gasteiger partial charge in [-0.2, -0.15) is 0 Å². The molecular formula is C18H20N2O6. The first kappa shape index (κ1) is 17.9. The summed E-state index contributed by atoms with van der Waals surface area (Å²) < 4.78 is 13.4. The number of ether oxygens (including phenoxy) is 2. The lowest BCUT2D eigenvalue weighted by atomic mass is 9.83. The fourth-order valence-electron chi connectivity index (χ4n) is 3.49. The van der Waals surface area contributed by atoms with E-state index in [1.54, 1.807) is 38.1 Å². The Labute approximate surface area is 148 Å². The molecule has 8 nitrogen and oxygen atoms in total. The number of esters is 2. The number of fused-ring (bicyclic) bond motifs is 2. The lowest BCUT2D eigenvalue weighted by molar-refractivity contribution is -0.221. The van der Waals surface area contributed by atoms with Crippen molar-refractivity contribution in [3.63, 3.8) is 0 Å². The van der Waals surface area contributed by atoms with Gasteiger partial charge < -0.3 is 9.47 Å². The predicted octanol–water partition coefficient (Wildman–Crippen LogP) is 0.820. The van der Waals surface area contributed by atoms with Crippen LogP contribution < -0.4 is 11.1 Å². The standard InChI is InChI=1S/C18H20N2O6/c1-11(21)25-17(3)9-19-15(23)13-7-5-6-8-14(13)16(24)20(19)10-18(17,4)26-12(2)22/h5-8H,9-10H2,1-4H3/t17-,18+. The van der Waals surface area contributed by atoms with Gasteiger partial charge in [0.25, 0.3) is 11.1 Å². The summed E-state index contributed by atoms with van der Waals surface area (Å²) in [6.45, 7) is 5.43. The Morgan fingerprint density at radius 2 is 1.19 bits per heavy atom. The van der Waals surface area contributed by atoms with E-state index in [4.69, 9.17) is 9.47 Å². The van der Waals surface area contributed by atoms with E-state index in [0.29, 0.717) is 0 Å². The van der Waals surface area contributed by atoms with E-state index >= 15 is 0 Å². The van der Waals surface area contributed by atoms with Crippen LogP contribution in [0.1, 0.15) is 27.7 Å². The zero-order valence-electron chi connectivity index (χ0n) is 15.1. The largest absolute Gasteiger partial charge is 0.453 e. The van der Waals surface area contributed by atoms with Crippen LogP contribution in [0.25, 0.3) is 10.8 Å². The lowest BCUT2D eigenvalue weighted by Crippen LogP contribution is -2.66. The zero-order chi connectivity index (χ0) is 19.3. The normalized spacial score (nSPS) is 24.8. The molecule has 2 heterocycles. The summed E-state index contributed by atoms with van der Waals surface area (Å²) >= 11 is 0. The van der Waals surface area contributed by atoms with Crippen LogP contribution in [0.3, 0.4) is 0 Å². The molecule has 0 saturated heterocycles. The first-order chi connectivity index (χ1) is 12.1. The third kappa shape index (κ3) is 2.61. The molecule has 1 aliphatic heterocycles. The molecule has 26 heavy (non-hydrogen) atoms. The number of carbonyl (C=O) groups is 2. The third-order valence-corrected chi connectivity index (χ3v) is 4.91. The topological polar surface area (TPSA) is 96.6 Å². The van der Waals surface area contributed by atoms with Gasteiger partial charge in [-0.05, 0) is 26.0 Å². The van der Waals surface area contributed by atoms with Crippen molar-refractivity contribution in [3.05, 3.63) is 45.0 Å². The third-order valence-electron chi connectivity index (χ3n) is 4.91. The quantitative estimate of drug-likeness (QED) is 0.736. The molecule has 0 spiro atoms. The van der Waals surface area contributed by atoms with E-state index in [2.05, 4.69) is 0 Å². The fourth-order valence-corrected chi connectivity index (χ4v) is 3.49. The van der Waals surface area contributed by atoms with Gasteiger partial charge in [0.2, 0.25) is 0 Å². The molecule has 0 unspecified atom stereocenters. The van der Waals surface area contributed by atoms with Gasteiger partial charge in [-0.1, -0.05) is 12.1 Å². The highest BCUT2D eigenvalue weighted by atomic mass is 16.6. The second-order valence-electron chi connectivity index (χ2n) is 6.92. The number of nitrogens with zero attached hydrogens (tertiary/aromatic N) is 2. The molecule has 0 fully saturated rings. The molecule has 0 aliphatic carbocycles. The number of aromatic nitrogens is 2. The molecule has 2 atom stereocenters. The Kier molecular flexibility index (Phi) is 4.01. The van der Waals surface area contributed by atoms with Crippen molar-refractivity contribution in [1.82, 2.24) is 9.36 Å². The molecule has 0 amide bonds. The van der Waals surface area contributed by atoms with Crippen molar-refractivity contribution in [1.29, 1.82) is 0 Å². The highest BCUT2D eigenvalue weighted by molar-refractivity contribution is 5.80. The Hall–Kier alpha value is -2.90. The van der Waals surface area contributed by atoms with E-state index in [1.807, 2.05) is 0 Å². The molecule has 1 aromatic carbocycles. The van der Waals surface area contributed by atoms with Crippen LogP contribution in [0, 0.1) is 0 Å². The van der Waals surface area contributed by atoms with Crippen LogP contribution in [0.2, 0.25) is 0 Å². The van der Waals surface area contributed by atoms with Crippen LogP contribution in [-0.4, -0.2) is 32.5 Å². The van der Waals surface area contributed by atoms with E-state index in [0.717, 1.165) is 0 Å². The van der Waals surface area contributed by atoms with Crippen LogP contribution in [0.4, 0.5) is 0 Å². The van der Waals surface area contributed by atoms with Gasteiger partial charge in [0.15, 0.2) is 11.2 Å². The minimum absolute atomic E-state index is 0.116. The van der Waals surface area contributed by atoms with Gasteiger partial charge in [0, 0.05) is 13.8 Å². The molecule has 0 saturated carbocycles. The van der Waals surface area contributed by atoms with Gasteiger partial charge >= 0.3 is 11.9 Å². The molecule has 138 valence electrons. The summed E-state index contributed by atoms with van der Waals surface area (Å²) in [6, 6.07) is 6.52. The molecule has 0 N–H and O–H groups in total. The van der Waals surface area contributed by atoms with E-state index in [1.165, 1.54) is 23.2 Å². The molecule has 0 bridgehead atoms. The summed E-state index contributed by atoms with van der Waals surface area (Å²) in [5, 5.41) is 0.574. The SMILES string of the molecule is CC(=O)O[C@]1(C)Cn2c(=O)c3ccccc3c(=O)n2C[C@]1(C)OC(C)=O. The minimum Gasteiger partial charge on any atom is -0.453 e. The summed E-state index contributed by atoms with van der Waals surface area (Å²) in [6.07, 6.45) is 0. The van der Waals surface area contributed by atoms with E-state index in [9.17, 15) is 19.2 Å². The fraction of sp³-hybridized carbons (Fsp3) is 0.444. The molecule has 1 aromatic heterocycles. The number of hydrogen-bond acceptors (Lipinski definition) is 6. The number of rotatable bonds is 2. The molecule has 2 aromatic rings. The van der Waals surface area contributed by atoms with Gasteiger partial charge in [-0.25, -0.2) is 9.36 Å². The first-order valence-corrected chi connectivity index (χ1v) is 8.20. The monoisotopic (exact) mass is 360 g/mol. The molecule has 3 rings (SSSR count). The number of carbonyl (C=O) groups excluding carboxylic acids is 2. The minimum atomic E-state index is -1.32. The van der Waals surface area contributed by atoms with Crippen molar-refractivity contribution in [3.8, 4) is 0 Å². The van der Waals surface area contributed by atoms with Gasteiger partial charge in [-0.15, -0.1) is 0 Å². The Morgan fingerprint density at radius 1 is 0.846 bits per heavy atom. The van der Waals surface area contributed by atoms with Crippen LogP contribution >= 0.6 is 0 Å². The maximum Gasteiger partial charge on any atom is 0.303 e. The van der Waals surface area contributed by atoms with Crippen LogP contribution in [0.15, 0.2) is 33.9 Å². The maximum absolute atomic E-state index is 12.9. The second kappa shape index (κ2) is 5.82. The summed E-state index contributed by atoms with van der Waals surface area (Å²) in [7, 11) is 0. The highest BCUT2D eigenvalue weighted by Gasteiger charge is 2.55. The van der Waals surface area contributed by atoms with Crippen LogP contribution in [-0.2, 0) is 32.2 Å². The highest BCUT2D eigenvalue weighted by Crippen LogP contribution is 2.36. The van der Waals surface area contributed by atoms with Crippen molar-refractivity contribution >= 4 is 22.7 Å². The van der Waals surface area contributed by atoms with Crippen LogP contribution in [0.5, 0.6) is 0 Å². The Balaban J connectivity index is 2.30. The summed E-state index contributed by atoms with van der Waals surface area (Å²) in [4.78, 5) is 49.1. The predicted molar refractivity (Wildman–Crippen MR) is 92.8 cm³/mol. The van der Waals surface area contributed by atoms with Gasteiger partial charge in [0.05, 0.1) is 23.9 Å². The molecule has 1 aliphatic rings. The summed E-state index contributed by atoms with van der Waals surface area (Å²) in [5.41, 5.74) is -3.38. The second-order valence-corrected chi connectivity index (χ2v) is 6.92. The van der Waals surface area contributed by atoms with E-state index < -0.39 is 23.1 Å². The van der Waals surface area contributed by atoms with Gasteiger partial charge in [-0.3, -0.25) is 19.2 Å². The average Bonchev–Trinajstić information content (AvgIpc) is 2.53. The van der Waals surface area contributed by atoms with Crippen molar-refractivity contribution in [2.24, 2.45) is 0 Å². The Morgan fingerprint density at radius 3 is 1.50 bits per heavy atom. The van der Waals surface area contributed by atoms with Crippen molar-refractivity contribution in [2.45, 2.75) is 52.0 Å². The molecule has 0 radical (unpaired) electrons. The summed E-state index contributed by atoms with van der Waals surface area (Å²) in [5.74, 6) is -1.15. The molecular weight excluding hydrogens is 340 g/mol. The maximum atomic E-state index is 12.9. The Bertz CT molecular complexity index is 954. The van der Waals surface area contributed by atoms with Crippen molar-refractivity contribution in [2.75, 3.05) is 0 Å². The van der Waals surface area contributed by atoms with E-state index in [-0.39, 0.29) is 35.0 Å². The lowest BCUT2D eigenvalue weighted by Gasteiger charge is -2.48. The smallest absolute Gasteiger partial charge is 0.303 e. The number of hydrogen-bond donors (Lipinski definition) is 0. The zero-order valence-corrected chi connectivity index (χ0v) is 15.1. The van der Waals surface area contributed by atoms with Gasteiger partial charge in [0.1, 0.15) is 0 Å². The average molecular weight is 360 g/mol.